The summed E-state index contributed by atoms with van der Waals surface area (Å²) in [6.07, 6.45) is 0. The number of fused-ring (bicyclic) bond motifs is 1. The number of halogens is 1. The van der Waals surface area contributed by atoms with Crippen LogP contribution >= 0.6 is 34.7 Å². The number of carbonyl (C=O) groups excluding carboxylic acids is 4. The fourth-order valence-corrected chi connectivity index (χ4v) is 5.16. The molecular formula is C17H18ClN5O7S2. The van der Waals surface area contributed by atoms with Gasteiger partial charge in [0.25, 0.3) is 5.91 Å². The van der Waals surface area contributed by atoms with E-state index in [1.165, 1.54) is 24.1 Å². The summed E-state index contributed by atoms with van der Waals surface area (Å²) in [6, 6.07) is -2.19. The fraction of sp³-hybridized carbons (Fsp3) is 0.412. The molecule has 32 heavy (non-hydrogen) atoms. The highest BCUT2D eigenvalue weighted by Gasteiger charge is 2.54. The number of ether oxygens (including phenoxy) is 1. The van der Waals surface area contributed by atoms with Crippen LogP contribution in [-0.4, -0.2) is 74.3 Å². The summed E-state index contributed by atoms with van der Waals surface area (Å²) in [7, 11) is 0. The molecule has 1 aromatic heterocycles. The van der Waals surface area contributed by atoms with Crippen molar-refractivity contribution in [2.45, 2.75) is 24.4 Å². The number of thiazole rings is 1. The van der Waals surface area contributed by atoms with E-state index in [1.54, 1.807) is 0 Å². The maximum absolute atomic E-state index is 12.6. The number of alkyl halides is 1. The summed E-state index contributed by atoms with van der Waals surface area (Å²) in [5.74, 6) is -3.72. The van der Waals surface area contributed by atoms with Gasteiger partial charge in [0, 0.05) is 23.6 Å². The number of esters is 1. The molecule has 0 aromatic carbocycles. The first-order valence-electron chi connectivity index (χ1n) is 9.04. The van der Waals surface area contributed by atoms with Crippen LogP contribution in [0.4, 0.5) is 5.13 Å². The number of rotatable bonds is 8. The maximum Gasteiger partial charge on any atom is 0.352 e. The Labute approximate surface area is 194 Å². The molecule has 0 aliphatic carbocycles. The number of carboxylic acid groups (broad SMARTS) is 1. The highest BCUT2D eigenvalue weighted by atomic mass is 35.5. The first-order chi connectivity index (χ1) is 15.1. The molecule has 3 atom stereocenters. The summed E-state index contributed by atoms with van der Waals surface area (Å²) < 4.78 is 4.87. The van der Waals surface area contributed by atoms with Crippen molar-refractivity contribution in [1.82, 2.24) is 15.2 Å². The predicted octanol–water partition coefficient (Wildman–Crippen LogP) is -0.378. The number of aromatic nitrogens is 1. The van der Waals surface area contributed by atoms with Crippen LogP contribution in [0.25, 0.3) is 0 Å². The Kier molecular flexibility index (Phi) is 7.38. The Bertz CT molecular complexity index is 1010. The lowest BCUT2D eigenvalue weighted by Gasteiger charge is -2.49. The van der Waals surface area contributed by atoms with Crippen LogP contribution in [-0.2, 0) is 28.7 Å². The molecule has 15 heteroatoms. The quantitative estimate of drug-likeness (QED) is 0.207. The Morgan fingerprint density at radius 1 is 1.44 bits per heavy atom. The normalized spacial score (nSPS) is 20.7. The van der Waals surface area contributed by atoms with Crippen molar-refractivity contribution < 1.29 is 33.8 Å². The minimum absolute atomic E-state index is 0.187. The topological polar surface area (TPSA) is 181 Å². The van der Waals surface area contributed by atoms with Crippen LogP contribution in [0, 0.1) is 0 Å². The number of anilines is 1. The van der Waals surface area contributed by atoms with Crippen molar-refractivity contribution in [3.63, 3.8) is 0 Å². The molecule has 172 valence electrons. The monoisotopic (exact) mass is 503 g/mol. The van der Waals surface area contributed by atoms with E-state index in [4.69, 9.17) is 22.1 Å². The van der Waals surface area contributed by atoms with Crippen LogP contribution in [0.15, 0.2) is 16.7 Å². The van der Waals surface area contributed by atoms with Gasteiger partial charge in [-0.1, -0.05) is 0 Å². The van der Waals surface area contributed by atoms with Crippen LogP contribution in [0.1, 0.15) is 18.7 Å². The number of hydrogen-bond acceptors (Lipinski definition) is 10. The molecule has 12 nitrogen and oxygen atoms in total. The smallest absolute Gasteiger partial charge is 0.352 e. The molecule has 2 aliphatic heterocycles. The lowest BCUT2D eigenvalue weighted by molar-refractivity contribution is -0.151. The lowest BCUT2D eigenvalue weighted by Crippen LogP contribution is -2.71. The molecule has 3 heterocycles. The first kappa shape index (κ1) is 24.0. The number of nitrogens with two attached hydrogens (primary N) is 1. The van der Waals surface area contributed by atoms with Crippen molar-refractivity contribution in [2.75, 3.05) is 23.6 Å². The average Bonchev–Trinajstić information content (AvgIpc) is 3.22. The zero-order valence-corrected chi connectivity index (χ0v) is 18.9. The molecule has 5 N–H and O–H groups in total. The van der Waals surface area contributed by atoms with Gasteiger partial charge >= 0.3 is 11.9 Å². The Balaban J connectivity index is 1.67. The highest BCUT2D eigenvalue weighted by Crippen LogP contribution is 2.40. The third-order valence-corrected chi connectivity index (χ3v) is 6.85. The third kappa shape index (κ3) is 4.87. The van der Waals surface area contributed by atoms with E-state index in [2.05, 4.69) is 15.6 Å². The van der Waals surface area contributed by atoms with Gasteiger partial charge in [0.1, 0.15) is 35.6 Å². The molecule has 0 bridgehead atoms. The fourth-order valence-electron chi connectivity index (χ4n) is 3.00. The molecule has 0 spiro atoms. The minimum Gasteiger partial charge on any atom is -0.477 e. The zero-order valence-electron chi connectivity index (χ0n) is 16.5. The van der Waals surface area contributed by atoms with E-state index in [0.717, 1.165) is 16.2 Å². The van der Waals surface area contributed by atoms with Gasteiger partial charge < -0.3 is 26.2 Å². The molecule has 1 fully saturated rings. The zero-order chi connectivity index (χ0) is 23.6. The van der Waals surface area contributed by atoms with E-state index in [0.29, 0.717) is 0 Å². The highest BCUT2D eigenvalue weighted by molar-refractivity contribution is 8.00. The summed E-state index contributed by atoms with van der Waals surface area (Å²) >= 11 is 7.71. The number of amides is 3. The SMILES string of the molecule is CC(=O)OCC1=C(C(=O)O)N2C(=O)[C@@H](NC(=O)C(N)c3csc(NC(=O)CCl)n3)[C@H]2SC1. The van der Waals surface area contributed by atoms with Crippen molar-refractivity contribution in [2.24, 2.45) is 5.73 Å². The summed E-state index contributed by atoms with van der Waals surface area (Å²) in [5, 5.41) is 15.6. The van der Waals surface area contributed by atoms with Gasteiger partial charge in [0.15, 0.2) is 5.13 Å². The Hall–Kier alpha value is -2.68. The number of hydrogen-bond donors (Lipinski definition) is 4. The van der Waals surface area contributed by atoms with E-state index >= 15 is 0 Å². The molecule has 1 saturated heterocycles. The standard InChI is InChI=1S/C17H18ClN5O7S2/c1-6(24)30-3-7-4-31-15-11(14(27)23(15)12(7)16(28)29)22-13(26)10(19)8-5-32-17(20-8)21-9(25)2-18/h5,10-11,15H,2-4,19H2,1H3,(H,22,26)(H,28,29)(H,20,21,25)/t10?,11-,15-/m1/s1. The number of thioether (sulfide) groups is 1. The lowest BCUT2D eigenvalue weighted by atomic mass is 10.0. The summed E-state index contributed by atoms with van der Waals surface area (Å²) in [6.45, 7) is 0.954. The van der Waals surface area contributed by atoms with Crippen molar-refractivity contribution in [3.05, 3.63) is 22.3 Å². The summed E-state index contributed by atoms with van der Waals surface area (Å²) in [4.78, 5) is 64.4. The van der Waals surface area contributed by atoms with Crippen molar-refractivity contribution >= 4 is 69.5 Å². The van der Waals surface area contributed by atoms with Crippen LogP contribution in [0.2, 0.25) is 0 Å². The van der Waals surface area contributed by atoms with Gasteiger partial charge in [-0.2, -0.15) is 0 Å². The molecule has 3 amide bonds. The molecule has 3 rings (SSSR count). The maximum atomic E-state index is 12.6. The predicted molar refractivity (Wildman–Crippen MR) is 115 cm³/mol. The van der Waals surface area contributed by atoms with Crippen molar-refractivity contribution in [3.8, 4) is 0 Å². The number of carboxylic acids is 1. The van der Waals surface area contributed by atoms with E-state index in [9.17, 15) is 29.1 Å². The average molecular weight is 504 g/mol. The molecule has 0 saturated carbocycles. The second-order valence-corrected chi connectivity index (χ2v) is 8.90. The Morgan fingerprint density at radius 3 is 2.78 bits per heavy atom. The Morgan fingerprint density at radius 2 is 2.16 bits per heavy atom. The summed E-state index contributed by atoms with van der Waals surface area (Å²) in [5.41, 5.74) is 6.15. The van der Waals surface area contributed by atoms with Gasteiger partial charge in [-0.25, -0.2) is 9.78 Å². The van der Waals surface area contributed by atoms with Gasteiger partial charge in [-0.05, 0) is 0 Å². The minimum atomic E-state index is -1.33. The van der Waals surface area contributed by atoms with Gasteiger partial charge in [-0.15, -0.1) is 34.7 Å². The molecule has 1 unspecified atom stereocenters. The van der Waals surface area contributed by atoms with Crippen LogP contribution < -0.4 is 16.4 Å². The van der Waals surface area contributed by atoms with E-state index < -0.39 is 47.1 Å². The second kappa shape index (κ2) is 9.85. The second-order valence-electron chi connectivity index (χ2n) is 6.67. The van der Waals surface area contributed by atoms with Gasteiger partial charge in [-0.3, -0.25) is 24.1 Å². The van der Waals surface area contributed by atoms with Crippen LogP contribution in [0.5, 0.6) is 0 Å². The van der Waals surface area contributed by atoms with Crippen LogP contribution in [0.3, 0.4) is 0 Å². The van der Waals surface area contributed by atoms with Gasteiger partial charge in [0.2, 0.25) is 11.8 Å². The number of β-lactam (4-membered cyclic amide) rings is 1. The van der Waals surface area contributed by atoms with E-state index in [-0.39, 0.29) is 40.3 Å². The molecular weight excluding hydrogens is 486 g/mol. The molecule has 2 aliphatic rings. The molecule has 0 radical (unpaired) electrons. The number of carbonyl (C=O) groups is 5. The number of nitrogens with one attached hydrogen (secondary N) is 2. The van der Waals surface area contributed by atoms with Crippen molar-refractivity contribution in [1.29, 1.82) is 0 Å². The first-order valence-corrected chi connectivity index (χ1v) is 11.5. The van der Waals surface area contributed by atoms with E-state index in [1.807, 2.05) is 0 Å². The largest absolute Gasteiger partial charge is 0.477 e. The number of aliphatic carboxylic acids is 1. The molecule has 1 aromatic rings. The van der Waals surface area contributed by atoms with Gasteiger partial charge in [0.05, 0.1) is 5.69 Å². The third-order valence-electron chi connectivity index (χ3n) is 4.49. The number of nitrogens with zero attached hydrogens (tertiary/aromatic N) is 2.